The summed E-state index contributed by atoms with van der Waals surface area (Å²) in [4.78, 5) is 21.5. The Morgan fingerprint density at radius 3 is 2.82 bits per heavy atom. The van der Waals surface area contributed by atoms with E-state index < -0.39 is 22.7 Å². The first-order valence-corrected chi connectivity index (χ1v) is 4.88. The van der Waals surface area contributed by atoms with Crippen molar-refractivity contribution in [1.29, 1.82) is 5.26 Å². The molecule has 0 aliphatic heterocycles. The van der Waals surface area contributed by atoms with Gasteiger partial charge in [0, 0.05) is 11.1 Å². The molecule has 0 saturated carbocycles. The van der Waals surface area contributed by atoms with Crippen LogP contribution in [0.25, 0.3) is 0 Å². The predicted octanol–water partition coefficient (Wildman–Crippen LogP) is 2.32. The predicted molar refractivity (Wildman–Crippen MR) is 58.6 cm³/mol. The molecule has 6 nitrogen and oxygen atoms in total. The third-order valence-corrected chi connectivity index (χ3v) is 2.08. The molecule has 1 aromatic rings. The van der Waals surface area contributed by atoms with Crippen molar-refractivity contribution in [2.75, 3.05) is 0 Å². The lowest BCUT2D eigenvalue weighted by molar-refractivity contribution is -0.385. The lowest BCUT2D eigenvalue weighted by Gasteiger charge is -2.06. The first kappa shape index (κ1) is 12.9. The third kappa shape index (κ3) is 3.16. The molecule has 1 rings (SSSR count). The quantitative estimate of drug-likeness (QED) is 0.469. The number of rotatable bonds is 3. The van der Waals surface area contributed by atoms with E-state index in [1.165, 1.54) is 13.0 Å². The molecule has 88 valence electrons. The van der Waals surface area contributed by atoms with E-state index in [-0.39, 0.29) is 10.6 Å². The fraction of sp³-hybridized carbons (Fsp3) is 0.200. The van der Waals surface area contributed by atoms with Gasteiger partial charge in [0.2, 0.25) is 0 Å². The van der Waals surface area contributed by atoms with Gasteiger partial charge >= 0.3 is 5.97 Å². The molecule has 0 N–H and O–H groups in total. The zero-order chi connectivity index (χ0) is 13.0. The van der Waals surface area contributed by atoms with Crippen molar-refractivity contribution in [1.82, 2.24) is 0 Å². The molecule has 1 aromatic carbocycles. The molecule has 0 aliphatic rings. The number of nitrogens with zero attached hydrogens (tertiary/aromatic N) is 2. The van der Waals surface area contributed by atoms with E-state index in [1.54, 1.807) is 6.07 Å². The van der Waals surface area contributed by atoms with Gasteiger partial charge in [-0.1, -0.05) is 11.6 Å². The second kappa shape index (κ2) is 5.27. The van der Waals surface area contributed by atoms with Gasteiger partial charge in [-0.15, -0.1) is 0 Å². The van der Waals surface area contributed by atoms with Gasteiger partial charge < -0.3 is 4.74 Å². The normalized spacial score (nSPS) is 11.4. The minimum absolute atomic E-state index is 0.173. The monoisotopic (exact) mass is 254 g/mol. The van der Waals surface area contributed by atoms with Crippen LogP contribution >= 0.6 is 11.6 Å². The highest BCUT2D eigenvalue weighted by Gasteiger charge is 2.23. The van der Waals surface area contributed by atoms with E-state index in [9.17, 15) is 14.9 Å². The minimum atomic E-state index is -0.985. The van der Waals surface area contributed by atoms with Crippen LogP contribution in [-0.2, 0) is 4.74 Å². The fourth-order valence-electron chi connectivity index (χ4n) is 1.08. The molecule has 0 fully saturated rings. The van der Waals surface area contributed by atoms with E-state index >= 15 is 0 Å². The number of halogens is 1. The van der Waals surface area contributed by atoms with Crippen LogP contribution in [0.1, 0.15) is 17.3 Å². The van der Waals surface area contributed by atoms with Crippen LogP contribution in [0.4, 0.5) is 5.69 Å². The number of carbonyl (C=O) groups excluding carboxylic acids is 1. The number of benzene rings is 1. The van der Waals surface area contributed by atoms with Crippen LogP contribution in [0.3, 0.4) is 0 Å². The largest absolute Gasteiger partial charge is 0.443 e. The van der Waals surface area contributed by atoms with Crippen LogP contribution in [0, 0.1) is 21.4 Å². The topological polar surface area (TPSA) is 93.2 Å². The maximum absolute atomic E-state index is 11.6. The van der Waals surface area contributed by atoms with Gasteiger partial charge in [0.15, 0.2) is 6.10 Å². The van der Waals surface area contributed by atoms with Crippen LogP contribution in [0.15, 0.2) is 18.2 Å². The Labute approximate surface area is 102 Å². The number of hydrogen-bond donors (Lipinski definition) is 0. The number of ether oxygens (including phenoxy) is 1. The highest BCUT2D eigenvalue weighted by molar-refractivity contribution is 6.31. The molecule has 0 radical (unpaired) electrons. The summed E-state index contributed by atoms with van der Waals surface area (Å²) in [7, 11) is 0. The summed E-state index contributed by atoms with van der Waals surface area (Å²) in [5.74, 6) is -0.951. The zero-order valence-electron chi connectivity index (χ0n) is 8.71. The lowest BCUT2D eigenvalue weighted by atomic mass is 10.2. The fourth-order valence-corrected chi connectivity index (χ4v) is 1.25. The third-order valence-electron chi connectivity index (χ3n) is 1.84. The summed E-state index contributed by atoms with van der Waals surface area (Å²) in [6.45, 7) is 1.36. The Hall–Kier alpha value is -2.13. The van der Waals surface area contributed by atoms with Gasteiger partial charge in [-0.25, -0.2) is 4.79 Å². The molecular weight excluding hydrogens is 248 g/mol. The van der Waals surface area contributed by atoms with Gasteiger partial charge in [-0.05, 0) is 19.1 Å². The number of nitro groups is 1. The summed E-state index contributed by atoms with van der Waals surface area (Å²) in [5, 5.41) is 19.3. The molecule has 0 saturated heterocycles. The molecular formula is C10H7ClN2O4. The zero-order valence-corrected chi connectivity index (χ0v) is 9.47. The van der Waals surface area contributed by atoms with Crippen LogP contribution in [-0.4, -0.2) is 17.0 Å². The summed E-state index contributed by atoms with van der Waals surface area (Å²) in [6, 6.07) is 5.22. The molecule has 0 aliphatic carbocycles. The number of hydrogen-bond acceptors (Lipinski definition) is 5. The molecule has 17 heavy (non-hydrogen) atoms. The molecule has 0 unspecified atom stereocenters. The van der Waals surface area contributed by atoms with Crippen LogP contribution in [0.2, 0.25) is 5.02 Å². The Morgan fingerprint density at radius 2 is 2.29 bits per heavy atom. The average Bonchev–Trinajstić information content (AvgIpc) is 2.28. The number of nitriles is 1. The Balaban J connectivity index is 3.12. The molecule has 7 heteroatoms. The van der Waals surface area contributed by atoms with Crippen molar-refractivity contribution >= 4 is 23.3 Å². The minimum Gasteiger partial charge on any atom is -0.443 e. The maximum atomic E-state index is 11.6. The smallest absolute Gasteiger partial charge is 0.346 e. The number of esters is 1. The summed E-state index contributed by atoms with van der Waals surface area (Å²) >= 11 is 5.64. The highest BCUT2D eigenvalue weighted by atomic mass is 35.5. The SMILES string of the molecule is C[C@@H](C#N)OC(=O)c1cc(Cl)ccc1[N+](=O)[O-]. The van der Waals surface area contributed by atoms with Crippen molar-refractivity contribution in [3.63, 3.8) is 0 Å². The van der Waals surface area contributed by atoms with E-state index in [0.29, 0.717) is 0 Å². The Morgan fingerprint density at radius 1 is 1.65 bits per heavy atom. The van der Waals surface area contributed by atoms with Crippen molar-refractivity contribution in [3.8, 4) is 6.07 Å². The van der Waals surface area contributed by atoms with Crippen LogP contribution < -0.4 is 0 Å². The summed E-state index contributed by atoms with van der Waals surface area (Å²) in [6.07, 6.45) is -0.985. The number of carbonyl (C=O) groups is 1. The van der Waals surface area contributed by atoms with Gasteiger partial charge in [0.1, 0.15) is 11.6 Å². The molecule has 0 aromatic heterocycles. The second-order valence-electron chi connectivity index (χ2n) is 3.10. The Kier molecular flexibility index (Phi) is 4.01. The van der Waals surface area contributed by atoms with E-state index in [2.05, 4.69) is 4.74 Å². The lowest BCUT2D eigenvalue weighted by Crippen LogP contribution is -2.14. The van der Waals surface area contributed by atoms with E-state index in [4.69, 9.17) is 16.9 Å². The van der Waals surface area contributed by atoms with Crippen molar-refractivity contribution in [2.24, 2.45) is 0 Å². The molecule has 0 amide bonds. The van der Waals surface area contributed by atoms with E-state index in [0.717, 1.165) is 12.1 Å². The first-order valence-electron chi connectivity index (χ1n) is 4.50. The van der Waals surface area contributed by atoms with Gasteiger partial charge in [0.05, 0.1) is 4.92 Å². The van der Waals surface area contributed by atoms with Crippen LogP contribution in [0.5, 0.6) is 0 Å². The molecule has 0 heterocycles. The van der Waals surface area contributed by atoms with Crippen molar-refractivity contribution in [3.05, 3.63) is 38.9 Å². The standard InChI is InChI=1S/C10H7ClN2O4/c1-6(5-12)17-10(14)8-4-7(11)2-3-9(8)13(15)16/h2-4,6H,1H3/t6-/m0/s1. The van der Waals surface area contributed by atoms with Crippen molar-refractivity contribution in [2.45, 2.75) is 13.0 Å². The second-order valence-corrected chi connectivity index (χ2v) is 3.53. The Bertz CT molecular complexity index is 510. The van der Waals surface area contributed by atoms with Gasteiger partial charge in [-0.2, -0.15) is 5.26 Å². The molecule has 0 spiro atoms. The maximum Gasteiger partial charge on any atom is 0.346 e. The molecule has 1 atom stereocenters. The van der Waals surface area contributed by atoms with Gasteiger partial charge in [-0.3, -0.25) is 10.1 Å². The number of nitro benzene ring substituents is 1. The highest BCUT2D eigenvalue weighted by Crippen LogP contribution is 2.23. The summed E-state index contributed by atoms with van der Waals surface area (Å²) in [5.41, 5.74) is -0.686. The van der Waals surface area contributed by atoms with E-state index in [1.807, 2.05) is 0 Å². The first-order chi connectivity index (χ1) is 7.95. The summed E-state index contributed by atoms with van der Waals surface area (Å²) < 4.78 is 4.67. The average molecular weight is 255 g/mol. The van der Waals surface area contributed by atoms with Gasteiger partial charge in [0.25, 0.3) is 5.69 Å². The van der Waals surface area contributed by atoms with Crippen molar-refractivity contribution < 1.29 is 14.5 Å². The molecule has 0 bridgehead atoms.